The van der Waals surface area contributed by atoms with Crippen molar-refractivity contribution in [2.24, 2.45) is 21.6 Å². The predicted molar refractivity (Wildman–Crippen MR) is 105 cm³/mol. The largest absolute Gasteiger partial charge is 0.458 e. The van der Waals surface area contributed by atoms with Gasteiger partial charge in [0.2, 0.25) is 5.85 Å². The second-order valence-corrected chi connectivity index (χ2v) is 6.25. The first-order chi connectivity index (χ1) is 12.9. The summed E-state index contributed by atoms with van der Waals surface area (Å²) in [6.45, 7) is 1.83. The number of aliphatic imine (C=N–C) groups is 1. The van der Waals surface area contributed by atoms with Crippen molar-refractivity contribution in [3.8, 4) is 5.75 Å². The number of hydrogen-bond acceptors (Lipinski definition) is 7. The van der Waals surface area contributed by atoms with E-state index in [1.54, 1.807) is 29.3 Å². The Morgan fingerprint density at radius 1 is 1.15 bits per heavy atom. The van der Waals surface area contributed by atoms with Gasteiger partial charge in [0.25, 0.3) is 0 Å². The number of ether oxygens (including phenoxy) is 1. The van der Waals surface area contributed by atoms with Gasteiger partial charge < -0.3 is 9.84 Å². The van der Waals surface area contributed by atoms with Gasteiger partial charge in [-0.2, -0.15) is 5.10 Å². The van der Waals surface area contributed by atoms with Crippen molar-refractivity contribution >= 4 is 22.9 Å². The number of amidine groups is 1. The standard InChI is InChI=1S/C19H22N6O2/c1-13-17(18(20)25(24-13)11-14-5-3-2-4-6-14)23-15-7-9-16(10-8-15)27-19(21,22)12-26/h2-10,20,26H,11-12,21-22H2,1H3. The maximum Gasteiger partial charge on any atom is 0.236 e. The molecule has 0 spiro atoms. The van der Waals surface area contributed by atoms with Crippen molar-refractivity contribution in [2.45, 2.75) is 19.3 Å². The third-order valence-corrected chi connectivity index (χ3v) is 3.90. The zero-order valence-electron chi connectivity index (χ0n) is 15.0. The first-order valence-electron chi connectivity index (χ1n) is 8.40. The summed E-state index contributed by atoms with van der Waals surface area (Å²) >= 11 is 0. The van der Waals surface area contributed by atoms with Crippen LogP contribution in [0, 0.1) is 5.41 Å². The zero-order valence-corrected chi connectivity index (χ0v) is 15.0. The van der Waals surface area contributed by atoms with E-state index in [0.717, 1.165) is 5.56 Å². The quantitative estimate of drug-likeness (QED) is 0.576. The molecule has 0 saturated heterocycles. The molecule has 2 aromatic rings. The van der Waals surface area contributed by atoms with E-state index in [2.05, 4.69) is 10.1 Å². The van der Waals surface area contributed by atoms with E-state index in [4.69, 9.17) is 26.7 Å². The monoisotopic (exact) mass is 366 g/mol. The average molecular weight is 366 g/mol. The minimum Gasteiger partial charge on any atom is -0.458 e. The molecular weight excluding hydrogens is 344 g/mol. The van der Waals surface area contributed by atoms with Gasteiger partial charge in [0.1, 0.15) is 18.1 Å². The highest BCUT2D eigenvalue weighted by molar-refractivity contribution is 6.69. The summed E-state index contributed by atoms with van der Waals surface area (Å²) in [5.41, 5.74) is 14.0. The summed E-state index contributed by atoms with van der Waals surface area (Å²) in [6.07, 6.45) is 0. The third kappa shape index (κ3) is 4.56. The summed E-state index contributed by atoms with van der Waals surface area (Å²) < 4.78 is 5.28. The van der Waals surface area contributed by atoms with Crippen LogP contribution in [-0.4, -0.2) is 39.8 Å². The molecule has 8 heteroatoms. The molecule has 0 radical (unpaired) electrons. The minimum atomic E-state index is -1.64. The highest BCUT2D eigenvalue weighted by Gasteiger charge is 2.26. The summed E-state index contributed by atoms with van der Waals surface area (Å²) in [4.78, 5) is 4.52. The number of nitrogens with zero attached hydrogens (tertiary/aromatic N) is 3. The predicted octanol–water partition coefficient (Wildman–Crippen LogP) is 1.57. The molecule has 0 fully saturated rings. The first-order valence-corrected chi connectivity index (χ1v) is 8.40. The molecule has 0 aromatic heterocycles. The van der Waals surface area contributed by atoms with E-state index in [9.17, 15) is 0 Å². The Labute approximate surface area is 157 Å². The van der Waals surface area contributed by atoms with E-state index >= 15 is 0 Å². The van der Waals surface area contributed by atoms with Crippen LogP contribution in [0.25, 0.3) is 0 Å². The van der Waals surface area contributed by atoms with Crippen LogP contribution in [0.1, 0.15) is 12.5 Å². The number of hydrazone groups is 1. The Bertz CT molecular complexity index is 875. The lowest BCUT2D eigenvalue weighted by Gasteiger charge is -2.23. The number of rotatable bonds is 6. The Kier molecular flexibility index (Phi) is 5.31. The molecule has 0 bridgehead atoms. The van der Waals surface area contributed by atoms with Crippen LogP contribution in [0.4, 0.5) is 5.69 Å². The third-order valence-electron chi connectivity index (χ3n) is 3.90. The number of benzene rings is 2. The smallest absolute Gasteiger partial charge is 0.236 e. The van der Waals surface area contributed by atoms with Crippen molar-refractivity contribution in [3.05, 3.63) is 60.2 Å². The van der Waals surface area contributed by atoms with Gasteiger partial charge in [-0.3, -0.25) is 16.9 Å². The Balaban J connectivity index is 1.73. The molecule has 6 N–H and O–H groups in total. The number of aliphatic hydroxyl groups is 1. The van der Waals surface area contributed by atoms with E-state index in [1.165, 1.54) is 0 Å². The lowest BCUT2D eigenvalue weighted by Crippen LogP contribution is -2.57. The Morgan fingerprint density at radius 2 is 1.81 bits per heavy atom. The fourth-order valence-electron chi connectivity index (χ4n) is 2.55. The van der Waals surface area contributed by atoms with Crippen molar-refractivity contribution in [1.29, 1.82) is 5.41 Å². The minimum absolute atomic E-state index is 0.250. The van der Waals surface area contributed by atoms with E-state index in [0.29, 0.717) is 29.4 Å². The van der Waals surface area contributed by atoms with Gasteiger partial charge in [-0.1, -0.05) is 30.3 Å². The number of aliphatic hydroxyl groups excluding tert-OH is 1. The lowest BCUT2D eigenvalue weighted by molar-refractivity contribution is 0.0198. The van der Waals surface area contributed by atoms with Gasteiger partial charge in [-0.15, -0.1) is 0 Å². The molecule has 2 aromatic carbocycles. The summed E-state index contributed by atoms with van der Waals surface area (Å²) in [5.74, 6) is -0.974. The molecule has 0 atom stereocenters. The Morgan fingerprint density at radius 3 is 2.44 bits per heavy atom. The Hall–Kier alpha value is -3.07. The van der Waals surface area contributed by atoms with E-state index in [1.807, 2.05) is 37.3 Å². The zero-order chi connectivity index (χ0) is 19.4. The van der Waals surface area contributed by atoms with E-state index < -0.39 is 12.5 Å². The molecule has 1 aliphatic heterocycles. The van der Waals surface area contributed by atoms with Crippen LogP contribution in [0.3, 0.4) is 0 Å². The fraction of sp³-hybridized carbons (Fsp3) is 0.211. The van der Waals surface area contributed by atoms with Gasteiger partial charge in [0.05, 0.1) is 17.9 Å². The van der Waals surface area contributed by atoms with Gasteiger partial charge >= 0.3 is 0 Å². The highest BCUT2D eigenvalue weighted by atomic mass is 16.5. The topological polar surface area (TPSA) is 133 Å². The van der Waals surface area contributed by atoms with Crippen LogP contribution in [-0.2, 0) is 6.54 Å². The first kappa shape index (κ1) is 18.7. The van der Waals surface area contributed by atoms with Crippen LogP contribution >= 0.6 is 0 Å². The lowest BCUT2D eigenvalue weighted by atomic mass is 10.2. The molecule has 1 heterocycles. The second kappa shape index (κ2) is 7.67. The molecule has 0 saturated carbocycles. The normalized spacial score (nSPS) is 16.0. The molecule has 27 heavy (non-hydrogen) atoms. The second-order valence-electron chi connectivity index (χ2n) is 6.25. The van der Waals surface area contributed by atoms with Gasteiger partial charge in [-0.25, -0.2) is 10.0 Å². The number of nitrogens with one attached hydrogen (secondary N) is 1. The molecule has 0 amide bonds. The van der Waals surface area contributed by atoms with Gasteiger partial charge in [0.15, 0.2) is 5.84 Å². The maximum absolute atomic E-state index is 9.05. The van der Waals surface area contributed by atoms with Gasteiger partial charge in [0, 0.05) is 0 Å². The molecular formula is C19H22N6O2. The maximum atomic E-state index is 9.05. The molecule has 3 rings (SSSR count). The molecule has 8 nitrogen and oxygen atoms in total. The fourth-order valence-corrected chi connectivity index (χ4v) is 2.55. The SMILES string of the molecule is CC1=NN(Cc2ccccc2)C(=N)C1=Nc1ccc(OC(N)(N)CO)cc1. The van der Waals surface area contributed by atoms with Crippen molar-refractivity contribution in [1.82, 2.24) is 5.01 Å². The number of nitrogens with two attached hydrogens (primary N) is 2. The molecule has 140 valence electrons. The van der Waals surface area contributed by atoms with Crippen molar-refractivity contribution in [3.63, 3.8) is 0 Å². The summed E-state index contributed by atoms with van der Waals surface area (Å²) in [7, 11) is 0. The average Bonchev–Trinajstić information content (AvgIpc) is 2.91. The molecule has 0 aliphatic carbocycles. The van der Waals surface area contributed by atoms with Crippen LogP contribution in [0.15, 0.2) is 64.7 Å². The van der Waals surface area contributed by atoms with E-state index in [-0.39, 0.29) is 5.84 Å². The van der Waals surface area contributed by atoms with Crippen LogP contribution in [0.5, 0.6) is 5.75 Å². The highest BCUT2D eigenvalue weighted by Crippen LogP contribution is 2.22. The molecule has 0 unspecified atom stereocenters. The van der Waals surface area contributed by atoms with Gasteiger partial charge in [-0.05, 0) is 36.8 Å². The van der Waals surface area contributed by atoms with Crippen LogP contribution in [0.2, 0.25) is 0 Å². The van der Waals surface area contributed by atoms with Crippen molar-refractivity contribution < 1.29 is 9.84 Å². The summed E-state index contributed by atoms with van der Waals surface area (Å²) in [6, 6.07) is 16.6. The molecule has 1 aliphatic rings. The van der Waals surface area contributed by atoms with Crippen molar-refractivity contribution in [2.75, 3.05) is 6.61 Å². The van der Waals surface area contributed by atoms with Crippen LogP contribution < -0.4 is 16.2 Å². The summed E-state index contributed by atoms with van der Waals surface area (Å²) in [5, 5.41) is 23.5. The number of hydrogen-bond donors (Lipinski definition) is 4.